The SMILES string of the molecule is NS(=O)(=O)c1ccc(N2CCOCC2)c(C(=O)Nc2ccc(OC(F)(F)F)cc2)c1. The van der Waals surface area contributed by atoms with Crippen LogP contribution in [-0.4, -0.2) is 47.0 Å². The number of alkyl halides is 3. The van der Waals surface area contributed by atoms with Crippen LogP contribution >= 0.6 is 0 Å². The third kappa shape index (κ3) is 5.62. The lowest BCUT2D eigenvalue weighted by Crippen LogP contribution is -2.37. The number of anilines is 2. The van der Waals surface area contributed by atoms with Crippen molar-refractivity contribution in [2.24, 2.45) is 5.14 Å². The van der Waals surface area contributed by atoms with Gasteiger partial charge in [-0.25, -0.2) is 13.6 Å². The molecule has 0 aliphatic carbocycles. The highest BCUT2D eigenvalue weighted by atomic mass is 32.2. The summed E-state index contributed by atoms with van der Waals surface area (Å²) in [4.78, 5) is 14.5. The Balaban J connectivity index is 1.87. The van der Waals surface area contributed by atoms with Crippen LogP contribution in [0.2, 0.25) is 0 Å². The summed E-state index contributed by atoms with van der Waals surface area (Å²) in [6.45, 7) is 1.88. The lowest BCUT2D eigenvalue weighted by Gasteiger charge is -2.30. The maximum atomic E-state index is 12.9. The number of primary sulfonamides is 1. The van der Waals surface area contributed by atoms with Crippen molar-refractivity contribution < 1.29 is 35.9 Å². The summed E-state index contributed by atoms with van der Waals surface area (Å²) in [5, 5.41) is 7.71. The molecule has 0 spiro atoms. The van der Waals surface area contributed by atoms with Gasteiger partial charge in [-0.1, -0.05) is 0 Å². The molecule has 8 nitrogen and oxygen atoms in total. The number of nitrogens with two attached hydrogens (primary N) is 1. The lowest BCUT2D eigenvalue weighted by molar-refractivity contribution is -0.274. The second-order valence-corrected chi connectivity index (χ2v) is 7.91. The topological polar surface area (TPSA) is 111 Å². The Kier molecular flexibility index (Phi) is 6.19. The number of halogens is 3. The molecule has 0 saturated carbocycles. The number of morpholine rings is 1. The van der Waals surface area contributed by atoms with Crippen molar-refractivity contribution in [2.45, 2.75) is 11.3 Å². The quantitative estimate of drug-likeness (QED) is 0.731. The first-order valence-corrected chi connectivity index (χ1v) is 10.2. The summed E-state index contributed by atoms with van der Waals surface area (Å²) in [5.74, 6) is -1.09. The summed E-state index contributed by atoms with van der Waals surface area (Å²) < 4.78 is 69.3. The summed E-state index contributed by atoms with van der Waals surface area (Å²) in [7, 11) is -4.05. The van der Waals surface area contributed by atoms with Gasteiger partial charge in [0.1, 0.15) is 5.75 Å². The van der Waals surface area contributed by atoms with Crippen molar-refractivity contribution >= 4 is 27.3 Å². The molecule has 1 amide bonds. The van der Waals surface area contributed by atoms with E-state index in [2.05, 4.69) is 10.1 Å². The van der Waals surface area contributed by atoms with Gasteiger partial charge in [0.15, 0.2) is 0 Å². The number of amides is 1. The number of carbonyl (C=O) groups is 1. The van der Waals surface area contributed by atoms with Gasteiger partial charge in [-0.2, -0.15) is 0 Å². The Labute approximate surface area is 170 Å². The lowest BCUT2D eigenvalue weighted by atomic mass is 10.1. The molecule has 0 aromatic heterocycles. The summed E-state index contributed by atoms with van der Waals surface area (Å²) in [6, 6.07) is 8.52. The fourth-order valence-electron chi connectivity index (χ4n) is 2.89. The van der Waals surface area contributed by atoms with Gasteiger partial charge in [0.05, 0.1) is 23.7 Å². The number of rotatable bonds is 5. The van der Waals surface area contributed by atoms with Gasteiger partial charge in [-0.05, 0) is 42.5 Å². The Morgan fingerprint density at radius 3 is 2.30 bits per heavy atom. The molecule has 1 heterocycles. The van der Waals surface area contributed by atoms with Crippen molar-refractivity contribution in [3.63, 3.8) is 0 Å². The molecular weight excluding hydrogens is 427 g/mol. The molecule has 1 fully saturated rings. The van der Waals surface area contributed by atoms with E-state index < -0.39 is 28.0 Å². The molecule has 162 valence electrons. The predicted molar refractivity (Wildman–Crippen MR) is 102 cm³/mol. The molecular formula is C18H18F3N3O5S. The monoisotopic (exact) mass is 445 g/mol. The second kappa shape index (κ2) is 8.50. The normalized spacial score (nSPS) is 15.0. The number of ether oxygens (including phenoxy) is 2. The van der Waals surface area contributed by atoms with Crippen molar-refractivity contribution in [2.75, 3.05) is 36.5 Å². The van der Waals surface area contributed by atoms with Gasteiger partial charge in [0, 0.05) is 24.5 Å². The van der Waals surface area contributed by atoms with Gasteiger partial charge >= 0.3 is 6.36 Å². The standard InChI is InChI=1S/C18H18F3N3O5S/c19-18(20,21)29-13-3-1-12(2-4-13)23-17(25)15-11-14(30(22,26)27)5-6-16(15)24-7-9-28-10-8-24/h1-6,11H,7-10H2,(H,23,25)(H2,22,26,27). The first kappa shape index (κ1) is 21.9. The minimum absolute atomic E-state index is 0.0547. The summed E-state index contributed by atoms with van der Waals surface area (Å²) in [5.41, 5.74) is 0.739. The Morgan fingerprint density at radius 1 is 1.10 bits per heavy atom. The van der Waals surface area contributed by atoms with Gasteiger partial charge in [-0.3, -0.25) is 4.79 Å². The highest BCUT2D eigenvalue weighted by Crippen LogP contribution is 2.27. The third-order valence-electron chi connectivity index (χ3n) is 4.24. The third-order valence-corrected chi connectivity index (χ3v) is 5.15. The van der Waals surface area contributed by atoms with Crippen LogP contribution in [0.4, 0.5) is 24.5 Å². The molecule has 0 bridgehead atoms. The minimum Gasteiger partial charge on any atom is -0.406 e. The number of benzene rings is 2. The molecule has 12 heteroatoms. The smallest absolute Gasteiger partial charge is 0.406 e. The minimum atomic E-state index is -4.83. The van der Waals surface area contributed by atoms with Crippen LogP contribution in [0.25, 0.3) is 0 Å². The molecule has 30 heavy (non-hydrogen) atoms. The van der Waals surface area contributed by atoms with Crippen LogP contribution in [0.5, 0.6) is 5.75 Å². The molecule has 2 aromatic rings. The molecule has 3 rings (SSSR count). The number of nitrogens with one attached hydrogen (secondary N) is 1. The van der Waals surface area contributed by atoms with E-state index in [1.807, 2.05) is 4.90 Å². The van der Waals surface area contributed by atoms with E-state index in [1.165, 1.54) is 24.3 Å². The zero-order valence-electron chi connectivity index (χ0n) is 15.5. The van der Waals surface area contributed by atoms with Gasteiger partial charge in [0.25, 0.3) is 5.91 Å². The van der Waals surface area contributed by atoms with Crippen LogP contribution in [0.1, 0.15) is 10.4 Å². The van der Waals surface area contributed by atoms with E-state index in [4.69, 9.17) is 9.88 Å². The molecule has 1 aliphatic rings. The maximum absolute atomic E-state index is 12.9. The number of hydrogen-bond donors (Lipinski definition) is 2. The van der Waals surface area contributed by atoms with Gasteiger partial charge < -0.3 is 19.7 Å². The van der Waals surface area contributed by atoms with Crippen LogP contribution < -0.4 is 20.1 Å². The van der Waals surface area contributed by atoms with E-state index in [9.17, 15) is 26.4 Å². The molecule has 2 aromatic carbocycles. The van der Waals surface area contributed by atoms with Crippen molar-refractivity contribution in [3.8, 4) is 5.75 Å². The Hall–Kier alpha value is -2.83. The first-order chi connectivity index (χ1) is 14.0. The summed E-state index contributed by atoms with van der Waals surface area (Å²) >= 11 is 0. The highest BCUT2D eigenvalue weighted by Gasteiger charge is 2.31. The molecule has 0 radical (unpaired) electrons. The van der Waals surface area contributed by atoms with E-state index in [0.29, 0.717) is 32.0 Å². The average molecular weight is 445 g/mol. The largest absolute Gasteiger partial charge is 0.573 e. The first-order valence-electron chi connectivity index (χ1n) is 8.70. The zero-order valence-corrected chi connectivity index (χ0v) is 16.3. The molecule has 0 unspecified atom stereocenters. The fraction of sp³-hybridized carbons (Fsp3) is 0.278. The van der Waals surface area contributed by atoms with E-state index in [0.717, 1.165) is 18.2 Å². The van der Waals surface area contributed by atoms with E-state index in [-0.39, 0.29) is 16.1 Å². The molecule has 0 atom stereocenters. The molecule has 1 aliphatic heterocycles. The fourth-order valence-corrected chi connectivity index (χ4v) is 3.43. The Morgan fingerprint density at radius 2 is 1.73 bits per heavy atom. The maximum Gasteiger partial charge on any atom is 0.573 e. The van der Waals surface area contributed by atoms with Crippen molar-refractivity contribution in [3.05, 3.63) is 48.0 Å². The van der Waals surface area contributed by atoms with Crippen molar-refractivity contribution in [1.29, 1.82) is 0 Å². The van der Waals surface area contributed by atoms with Gasteiger partial charge in [-0.15, -0.1) is 13.2 Å². The number of hydrogen-bond acceptors (Lipinski definition) is 6. The number of sulfonamides is 1. The van der Waals surface area contributed by atoms with E-state index >= 15 is 0 Å². The van der Waals surface area contributed by atoms with Crippen molar-refractivity contribution in [1.82, 2.24) is 0 Å². The number of nitrogens with zero attached hydrogens (tertiary/aromatic N) is 1. The molecule has 3 N–H and O–H groups in total. The van der Waals surface area contributed by atoms with Crippen LogP contribution in [0.15, 0.2) is 47.4 Å². The molecule has 1 saturated heterocycles. The van der Waals surface area contributed by atoms with Crippen LogP contribution in [0, 0.1) is 0 Å². The average Bonchev–Trinajstić information content (AvgIpc) is 2.68. The Bertz CT molecular complexity index is 1020. The highest BCUT2D eigenvalue weighted by molar-refractivity contribution is 7.89. The second-order valence-electron chi connectivity index (χ2n) is 6.35. The summed E-state index contributed by atoms with van der Waals surface area (Å²) in [6.07, 6.45) is -4.83. The predicted octanol–water partition coefficient (Wildman–Crippen LogP) is 2.32. The zero-order chi connectivity index (χ0) is 21.9. The van der Waals surface area contributed by atoms with E-state index in [1.54, 1.807) is 0 Å². The van der Waals surface area contributed by atoms with Crippen LogP contribution in [-0.2, 0) is 14.8 Å². The van der Waals surface area contributed by atoms with Gasteiger partial charge in [0.2, 0.25) is 10.0 Å². The van der Waals surface area contributed by atoms with Crippen LogP contribution in [0.3, 0.4) is 0 Å². The number of carbonyl (C=O) groups excluding carboxylic acids is 1.